The standard InChI is InChI=1S/C12H10O2S.BCl3/c13-15(14,11-7-3-1-4-8-11)12-9-5-2-6-10-12;2-1(3)4/h1-10H;. The molecule has 0 amide bonds. The van der Waals surface area contributed by atoms with Crippen LogP contribution < -0.4 is 0 Å². The first kappa shape index (κ1) is 16.4. The molecule has 2 rings (SSSR count). The summed E-state index contributed by atoms with van der Waals surface area (Å²) in [5.41, 5.74) is 0. The third-order valence-electron chi connectivity index (χ3n) is 2.11. The Bertz CT molecular complexity index is 541. The van der Waals surface area contributed by atoms with Crippen LogP contribution in [0.4, 0.5) is 0 Å². The lowest BCUT2D eigenvalue weighted by Crippen LogP contribution is -2.00. The zero-order valence-electron chi connectivity index (χ0n) is 9.71. The van der Waals surface area contributed by atoms with E-state index in [1.807, 2.05) is 0 Å². The minimum atomic E-state index is -3.34. The first-order chi connectivity index (χ1) is 8.94. The Labute approximate surface area is 128 Å². The van der Waals surface area contributed by atoms with Gasteiger partial charge in [0.15, 0.2) is 0 Å². The molecule has 2 nitrogen and oxygen atoms in total. The minimum absolute atomic E-state index is 0.330. The molecule has 0 aliphatic carbocycles. The van der Waals surface area contributed by atoms with Crippen LogP contribution >= 0.6 is 34.4 Å². The molecule has 0 saturated heterocycles. The molecule has 2 aromatic carbocycles. The lowest BCUT2D eigenvalue weighted by molar-refractivity contribution is 0.596. The van der Waals surface area contributed by atoms with E-state index >= 15 is 0 Å². The van der Waals surface area contributed by atoms with E-state index in [9.17, 15) is 8.42 Å². The van der Waals surface area contributed by atoms with Crippen molar-refractivity contribution in [3.05, 3.63) is 60.7 Å². The molecule has 0 spiro atoms. The minimum Gasteiger partial charge on any atom is -0.219 e. The maximum Gasteiger partial charge on any atom is 0.450 e. The van der Waals surface area contributed by atoms with Crippen LogP contribution in [-0.2, 0) is 9.84 Å². The summed E-state index contributed by atoms with van der Waals surface area (Å²) in [4.78, 5) is -0.0904. The molecule has 0 N–H and O–H groups in total. The molecule has 0 fully saturated rings. The van der Waals surface area contributed by atoms with Gasteiger partial charge in [-0.15, -0.1) is 0 Å². The second kappa shape index (κ2) is 7.80. The predicted molar refractivity (Wildman–Crippen MR) is 81.6 cm³/mol. The molecule has 0 unspecified atom stereocenters. The summed E-state index contributed by atoms with van der Waals surface area (Å²) < 4.78 is 24.1. The Kier molecular flexibility index (Phi) is 6.73. The van der Waals surface area contributed by atoms with Gasteiger partial charge in [-0.1, -0.05) is 36.4 Å². The quantitative estimate of drug-likeness (QED) is 0.771. The Morgan fingerprint density at radius 2 is 0.947 bits per heavy atom. The number of hydrogen-bond acceptors (Lipinski definition) is 2. The highest BCUT2D eigenvalue weighted by molar-refractivity contribution is 7.91. The molecule has 0 saturated carbocycles. The van der Waals surface area contributed by atoms with Crippen LogP contribution in [0, 0.1) is 0 Å². The molecular weight excluding hydrogens is 325 g/mol. The van der Waals surface area contributed by atoms with Crippen molar-refractivity contribution in [2.75, 3.05) is 0 Å². The zero-order valence-corrected chi connectivity index (χ0v) is 12.8. The lowest BCUT2D eigenvalue weighted by Gasteiger charge is -2.03. The molecule has 0 heterocycles. The smallest absolute Gasteiger partial charge is 0.219 e. The summed E-state index contributed by atoms with van der Waals surface area (Å²) in [6, 6.07) is 16.9. The van der Waals surface area contributed by atoms with Crippen molar-refractivity contribution in [2.45, 2.75) is 9.79 Å². The molecule has 100 valence electrons. The number of halogens is 3. The Balaban J connectivity index is 0.000000399. The summed E-state index contributed by atoms with van der Waals surface area (Å²) in [7, 11) is -3.34. The van der Waals surface area contributed by atoms with E-state index in [-0.39, 0.29) is 0 Å². The predicted octanol–water partition coefficient (Wildman–Crippen LogP) is 4.21. The van der Waals surface area contributed by atoms with Gasteiger partial charge in [0.05, 0.1) is 9.79 Å². The van der Waals surface area contributed by atoms with E-state index in [1.54, 1.807) is 60.7 Å². The largest absolute Gasteiger partial charge is 0.450 e. The van der Waals surface area contributed by atoms with Gasteiger partial charge in [-0.3, -0.25) is 0 Å². The van der Waals surface area contributed by atoms with Crippen LogP contribution in [0.2, 0.25) is 0 Å². The lowest BCUT2D eigenvalue weighted by atomic mass is 10.4. The highest BCUT2D eigenvalue weighted by atomic mass is 35.6. The van der Waals surface area contributed by atoms with E-state index in [2.05, 4.69) is 0 Å². The highest BCUT2D eigenvalue weighted by Gasteiger charge is 2.15. The van der Waals surface area contributed by atoms with Gasteiger partial charge in [0.1, 0.15) is 0 Å². The fourth-order valence-electron chi connectivity index (χ4n) is 1.34. The van der Waals surface area contributed by atoms with E-state index in [1.165, 1.54) is 0 Å². The van der Waals surface area contributed by atoms with Crippen LogP contribution in [0.15, 0.2) is 70.5 Å². The van der Waals surface area contributed by atoms with Gasteiger partial charge >= 0.3 is 4.96 Å². The van der Waals surface area contributed by atoms with E-state index in [4.69, 9.17) is 34.4 Å². The highest BCUT2D eigenvalue weighted by Crippen LogP contribution is 2.19. The summed E-state index contributed by atoms with van der Waals surface area (Å²) in [6.45, 7) is 0. The molecule has 0 aromatic heterocycles. The van der Waals surface area contributed by atoms with Crippen LogP contribution in [0.5, 0.6) is 0 Å². The molecule has 0 aliphatic heterocycles. The van der Waals surface area contributed by atoms with Crippen molar-refractivity contribution >= 4 is 49.2 Å². The van der Waals surface area contributed by atoms with Gasteiger partial charge in [-0.2, -0.15) is 34.4 Å². The van der Waals surface area contributed by atoms with E-state index in [0.717, 1.165) is 0 Å². The summed E-state index contributed by atoms with van der Waals surface area (Å²) in [5.74, 6) is 0. The Morgan fingerprint density at radius 3 is 1.21 bits per heavy atom. The van der Waals surface area contributed by atoms with Crippen molar-refractivity contribution in [2.24, 2.45) is 0 Å². The molecule has 7 heteroatoms. The van der Waals surface area contributed by atoms with Crippen LogP contribution in [0.25, 0.3) is 0 Å². The van der Waals surface area contributed by atoms with Crippen LogP contribution in [0.1, 0.15) is 0 Å². The molecule has 0 aliphatic rings. The Morgan fingerprint density at radius 1 is 0.684 bits per heavy atom. The molecule has 0 radical (unpaired) electrons. The van der Waals surface area contributed by atoms with Crippen molar-refractivity contribution in [1.82, 2.24) is 0 Å². The van der Waals surface area contributed by atoms with Gasteiger partial charge in [-0.05, 0) is 24.3 Å². The number of hydrogen-bond donors (Lipinski definition) is 0. The van der Waals surface area contributed by atoms with Gasteiger partial charge in [-0.25, -0.2) is 8.42 Å². The number of sulfone groups is 1. The average Bonchev–Trinajstić information content (AvgIpc) is 2.40. The monoisotopic (exact) mass is 334 g/mol. The van der Waals surface area contributed by atoms with Crippen LogP contribution in [-0.4, -0.2) is 13.4 Å². The van der Waals surface area contributed by atoms with Crippen molar-refractivity contribution in [3.63, 3.8) is 0 Å². The second-order valence-electron chi connectivity index (χ2n) is 3.38. The summed E-state index contributed by atoms with van der Waals surface area (Å²) in [5, 5.41) is 0. The first-order valence-electron chi connectivity index (χ1n) is 5.22. The SMILES string of the molecule is ClB(Cl)Cl.O=S(=O)(c1ccccc1)c1ccccc1. The third-order valence-corrected chi connectivity index (χ3v) is 3.89. The van der Waals surface area contributed by atoms with Crippen molar-refractivity contribution in [1.29, 1.82) is 0 Å². The molecule has 0 atom stereocenters. The first-order valence-corrected chi connectivity index (χ1v) is 8.01. The van der Waals surface area contributed by atoms with Gasteiger partial charge in [0, 0.05) is 0 Å². The molecule has 2 aromatic rings. The molecule has 0 bridgehead atoms. The average molecular weight is 335 g/mol. The second-order valence-corrected chi connectivity index (χ2v) is 7.31. The fraction of sp³-hybridized carbons (Fsp3) is 0. The summed E-state index contributed by atoms with van der Waals surface area (Å²) >= 11 is 14.4. The van der Waals surface area contributed by atoms with Gasteiger partial charge < -0.3 is 0 Å². The van der Waals surface area contributed by atoms with E-state index in [0.29, 0.717) is 9.79 Å². The third kappa shape index (κ3) is 5.45. The molecule has 19 heavy (non-hydrogen) atoms. The maximum absolute atomic E-state index is 12.0. The topological polar surface area (TPSA) is 34.1 Å². The number of benzene rings is 2. The number of rotatable bonds is 2. The maximum atomic E-state index is 12.0. The van der Waals surface area contributed by atoms with Gasteiger partial charge in [0.25, 0.3) is 0 Å². The normalized spacial score (nSPS) is 10.3. The van der Waals surface area contributed by atoms with E-state index < -0.39 is 14.8 Å². The van der Waals surface area contributed by atoms with Crippen molar-refractivity contribution < 1.29 is 8.42 Å². The molecular formula is C12H10BCl3O2S. The van der Waals surface area contributed by atoms with Crippen LogP contribution in [0.3, 0.4) is 0 Å². The van der Waals surface area contributed by atoms with Gasteiger partial charge in [0.2, 0.25) is 9.84 Å². The fourth-order valence-corrected chi connectivity index (χ4v) is 2.64. The van der Waals surface area contributed by atoms with Crippen molar-refractivity contribution in [3.8, 4) is 0 Å². The zero-order chi connectivity index (χ0) is 14.3. The Hall–Kier alpha value is -0.675. The summed E-state index contributed by atoms with van der Waals surface area (Å²) in [6.07, 6.45) is 0.